The second kappa shape index (κ2) is 8.08. The summed E-state index contributed by atoms with van der Waals surface area (Å²) in [6.07, 6.45) is 0.354. The second-order valence-corrected chi connectivity index (χ2v) is 8.95. The number of ether oxygens (including phenoxy) is 1. The van der Waals surface area contributed by atoms with E-state index in [4.69, 9.17) is 4.74 Å². The molecule has 5 nitrogen and oxygen atoms in total. The molecule has 7 heteroatoms. The molecule has 0 aromatic heterocycles. The zero-order valence-corrected chi connectivity index (χ0v) is 15.9. The summed E-state index contributed by atoms with van der Waals surface area (Å²) in [5.74, 6) is -0.245. The Bertz CT molecular complexity index is 929. The van der Waals surface area contributed by atoms with Gasteiger partial charge in [-0.2, -0.15) is 0 Å². The summed E-state index contributed by atoms with van der Waals surface area (Å²) < 4.78 is 43.4. The van der Waals surface area contributed by atoms with E-state index in [-0.39, 0.29) is 30.6 Å². The monoisotopic (exact) mass is 391 g/mol. The van der Waals surface area contributed by atoms with Crippen LogP contribution in [-0.2, 0) is 21.2 Å². The van der Waals surface area contributed by atoms with E-state index in [1.807, 2.05) is 25.1 Å². The molecule has 1 aliphatic rings. The zero-order valence-electron chi connectivity index (χ0n) is 15.1. The van der Waals surface area contributed by atoms with Gasteiger partial charge < -0.3 is 9.64 Å². The number of sulfone groups is 1. The molecule has 1 aliphatic heterocycles. The Kier molecular flexibility index (Phi) is 5.79. The van der Waals surface area contributed by atoms with Crippen molar-refractivity contribution in [2.75, 3.05) is 18.1 Å². The van der Waals surface area contributed by atoms with Crippen molar-refractivity contribution < 1.29 is 22.3 Å². The van der Waals surface area contributed by atoms with Crippen LogP contribution in [0.15, 0.2) is 48.5 Å². The van der Waals surface area contributed by atoms with Gasteiger partial charge in [-0.3, -0.25) is 4.79 Å². The van der Waals surface area contributed by atoms with Gasteiger partial charge >= 0.3 is 0 Å². The van der Waals surface area contributed by atoms with Gasteiger partial charge in [-0.1, -0.05) is 36.4 Å². The minimum atomic E-state index is -3.18. The first kappa shape index (κ1) is 19.4. The molecule has 1 fully saturated rings. The Morgan fingerprint density at radius 1 is 1.19 bits per heavy atom. The lowest BCUT2D eigenvalue weighted by Gasteiger charge is -2.28. The summed E-state index contributed by atoms with van der Waals surface area (Å²) >= 11 is 0. The maximum absolute atomic E-state index is 14.1. The number of halogens is 1. The molecule has 1 amide bonds. The van der Waals surface area contributed by atoms with Crippen LogP contribution in [0.1, 0.15) is 17.5 Å². The standard InChI is InChI=1S/C20H22FNO4S/c1-15-6-2-5-9-19(15)26-13-20(23)22(17-10-11-27(24,25)14-17)12-16-7-3-4-8-18(16)21/h2-9,17H,10-14H2,1H3/t17-/m0/s1. The van der Waals surface area contributed by atoms with Crippen LogP contribution in [0.2, 0.25) is 0 Å². The van der Waals surface area contributed by atoms with Gasteiger partial charge in [0.05, 0.1) is 11.5 Å². The van der Waals surface area contributed by atoms with Crippen LogP contribution in [0.3, 0.4) is 0 Å². The highest BCUT2D eigenvalue weighted by Crippen LogP contribution is 2.22. The Morgan fingerprint density at radius 3 is 2.56 bits per heavy atom. The van der Waals surface area contributed by atoms with Crippen molar-refractivity contribution in [3.63, 3.8) is 0 Å². The van der Waals surface area contributed by atoms with Gasteiger partial charge in [-0.05, 0) is 31.0 Å². The van der Waals surface area contributed by atoms with E-state index in [9.17, 15) is 17.6 Å². The van der Waals surface area contributed by atoms with Crippen molar-refractivity contribution in [1.82, 2.24) is 4.90 Å². The molecule has 1 saturated heterocycles. The average molecular weight is 391 g/mol. The number of hydrogen-bond donors (Lipinski definition) is 0. The van der Waals surface area contributed by atoms with Crippen LogP contribution < -0.4 is 4.74 Å². The van der Waals surface area contributed by atoms with Crippen molar-refractivity contribution in [2.24, 2.45) is 0 Å². The van der Waals surface area contributed by atoms with E-state index >= 15 is 0 Å². The third kappa shape index (κ3) is 4.86. The number of rotatable bonds is 6. The average Bonchev–Trinajstić information content (AvgIpc) is 2.99. The topological polar surface area (TPSA) is 63.7 Å². The minimum absolute atomic E-state index is 0.0167. The number of hydrogen-bond acceptors (Lipinski definition) is 4. The van der Waals surface area contributed by atoms with Crippen molar-refractivity contribution in [2.45, 2.75) is 25.9 Å². The first-order chi connectivity index (χ1) is 12.9. The van der Waals surface area contributed by atoms with Crippen LogP contribution in [-0.4, -0.2) is 43.4 Å². The Hall–Kier alpha value is -2.41. The largest absolute Gasteiger partial charge is 0.484 e. The molecule has 0 spiro atoms. The fourth-order valence-electron chi connectivity index (χ4n) is 3.19. The number of nitrogens with zero attached hydrogens (tertiary/aromatic N) is 1. The number of amides is 1. The molecule has 2 aromatic carbocycles. The molecule has 3 rings (SSSR count). The summed E-state index contributed by atoms with van der Waals surface area (Å²) in [6.45, 7) is 1.67. The number of benzene rings is 2. The lowest BCUT2D eigenvalue weighted by atomic mass is 10.1. The van der Waals surface area contributed by atoms with Crippen LogP contribution >= 0.6 is 0 Å². The third-order valence-corrected chi connectivity index (χ3v) is 6.46. The van der Waals surface area contributed by atoms with Crippen LogP contribution in [0, 0.1) is 12.7 Å². The van der Waals surface area contributed by atoms with Crippen molar-refractivity contribution >= 4 is 15.7 Å². The highest BCUT2D eigenvalue weighted by atomic mass is 32.2. The molecule has 0 radical (unpaired) electrons. The minimum Gasteiger partial charge on any atom is -0.484 e. The molecule has 1 heterocycles. The maximum atomic E-state index is 14.1. The lowest BCUT2D eigenvalue weighted by Crippen LogP contribution is -2.43. The highest BCUT2D eigenvalue weighted by Gasteiger charge is 2.35. The summed E-state index contributed by atoms with van der Waals surface area (Å²) in [4.78, 5) is 14.3. The van der Waals surface area contributed by atoms with Gasteiger partial charge in [0.25, 0.3) is 5.91 Å². The number of carbonyl (C=O) groups is 1. The van der Waals surface area contributed by atoms with Gasteiger partial charge in [-0.25, -0.2) is 12.8 Å². The summed E-state index contributed by atoms with van der Waals surface area (Å²) in [5.41, 5.74) is 1.25. The van der Waals surface area contributed by atoms with E-state index < -0.39 is 21.7 Å². The van der Waals surface area contributed by atoms with Crippen molar-refractivity contribution in [1.29, 1.82) is 0 Å². The Balaban J connectivity index is 1.77. The number of aryl methyl sites for hydroxylation is 1. The molecule has 1 atom stereocenters. The molecule has 144 valence electrons. The second-order valence-electron chi connectivity index (χ2n) is 6.72. The fourth-order valence-corrected chi connectivity index (χ4v) is 4.92. The van der Waals surface area contributed by atoms with Gasteiger partial charge in [0, 0.05) is 18.2 Å². The van der Waals surface area contributed by atoms with E-state index in [2.05, 4.69) is 0 Å². The summed E-state index contributed by atoms with van der Waals surface area (Å²) in [5, 5.41) is 0. The molecule has 2 aromatic rings. The SMILES string of the molecule is Cc1ccccc1OCC(=O)N(Cc1ccccc1F)[C@H]1CCS(=O)(=O)C1. The fraction of sp³-hybridized carbons (Fsp3) is 0.350. The van der Waals surface area contributed by atoms with E-state index in [0.29, 0.717) is 17.7 Å². The first-order valence-electron chi connectivity index (χ1n) is 8.77. The lowest BCUT2D eigenvalue weighted by molar-refractivity contribution is -0.136. The summed E-state index contributed by atoms with van der Waals surface area (Å²) in [7, 11) is -3.18. The third-order valence-electron chi connectivity index (χ3n) is 4.71. The quantitative estimate of drug-likeness (QED) is 0.760. The Labute approximate surface area is 158 Å². The van der Waals surface area contributed by atoms with Crippen molar-refractivity contribution in [3.05, 3.63) is 65.5 Å². The predicted octanol–water partition coefficient (Wildman–Crippen LogP) is 2.73. The molecular weight excluding hydrogens is 369 g/mol. The van der Waals surface area contributed by atoms with Gasteiger partial charge in [0.15, 0.2) is 16.4 Å². The molecule has 0 N–H and O–H groups in total. The van der Waals surface area contributed by atoms with Gasteiger partial charge in [0.1, 0.15) is 11.6 Å². The van der Waals surface area contributed by atoms with Gasteiger partial charge in [0.2, 0.25) is 0 Å². The molecule has 0 bridgehead atoms. The van der Waals surface area contributed by atoms with E-state index in [0.717, 1.165) is 5.56 Å². The first-order valence-corrected chi connectivity index (χ1v) is 10.6. The smallest absolute Gasteiger partial charge is 0.261 e. The van der Waals surface area contributed by atoms with Gasteiger partial charge in [-0.15, -0.1) is 0 Å². The highest BCUT2D eigenvalue weighted by molar-refractivity contribution is 7.91. The van der Waals surface area contributed by atoms with Crippen LogP contribution in [0.4, 0.5) is 4.39 Å². The maximum Gasteiger partial charge on any atom is 0.261 e. The normalized spacial score (nSPS) is 18.2. The van der Waals surface area contributed by atoms with Crippen LogP contribution in [0.25, 0.3) is 0 Å². The van der Waals surface area contributed by atoms with Crippen LogP contribution in [0.5, 0.6) is 5.75 Å². The zero-order chi connectivity index (χ0) is 19.4. The molecule has 0 saturated carbocycles. The molecule has 0 aliphatic carbocycles. The molecule has 0 unspecified atom stereocenters. The van der Waals surface area contributed by atoms with E-state index in [1.54, 1.807) is 24.3 Å². The predicted molar refractivity (Wildman–Crippen MR) is 101 cm³/mol. The summed E-state index contributed by atoms with van der Waals surface area (Å²) in [6, 6.07) is 13.1. The number of carbonyl (C=O) groups excluding carboxylic acids is 1. The molecular formula is C20H22FNO4S. The Morgan fingerprint density at radius 2 is 1.89 bits per heavy atom. The van der Waals surface area contributed by atoms with E-state index in [1.165, 1.54) is 11.0 Å². The number of para-hydroxylation sites is 1. The molecule has 27 heavy (non-hydrogen) atoms. The van der Waals surface area contributed by atoms with Crippen molar-refractivity contribution in [3.8, 4) is 5.75 Å².